The summed E-state index contributed by atoms with van der Waals surface area (Å²) in [5.74, 6) is 0. The molecule has 0 bridgehead atoms. The summed E-state index contributed by atoms with van der Waals surface area (Å²) in [6.07, 6.45) is 11.0. The number of benzene rings is 1. The molecule has 0 saturated carbocycles. The standard InChI is InChI=1S/C16H20/c1-3-16(4-2)10-13-9-8-12-6-5-7-14(12)15(13)11-16/h5,7-9H,3-4,6,10-11H2,1-2H3. The van der Waals surface area contributed by atoms with E-state index in [0.717, 1.165) is 6.42 Å². The summed E-state index contributed by atoms with van der Waals surface area (Å²) < 4.78 is 0. The zero-order valence-corrected chi connectivity index (χ0v) is 10.3. The Hall–Kier alpha value is -1.04. The first-order valence-corrected chi connectivity index (χ1v) is 6.58. The van der Waals surface area contributed by atoms with Crippen molar-refractivity contribution in [3.05, 3.63) is 40.5 Å². The number of allylic oxidation sites excluding steroid dienone is 1. The van der Waals surface area contributed by atoms with E-state index in [2.05, 4.69) is 38.1 Å². The van der Waals surface area contributed by atoms with E-state index in [0.29, 0.717) is 5.41 Å². The summed E-state index contributed by atoms with van der Waals surface area (Å²) >= 11 is 0. The SMILES string of the molecule is CCC1(CC)Cc2ccc3c(c2C1)C=CC3. The Morgan fingerprint density at radius 2 is 1.81 bits per heavy atom. The van der Waals surface area contributed by atoms with Crippen molar-refractivity contribution < 1.29 is 0 Å². The molecule has 0 heterocycles. The molecule has 0 aliphatic heterocycles. The van der Waals surface area contributed by atoms with Crippen molar-refractivity contribution in [2.24, 2.45) is 5.41 Å². The highest BCUT2D eigenvalue weighted by atomic mass is 14.4. The lowest BCUT2D eigenvalue weighted by atomic mass is 9.79. The maximum Gasteiger partial charge on any atom is -0.00881 e. The van der Waals surface area contributed by atoms with E-state index in [9.17, 15) is 0 Å². The average Bonchev–Trinajstić information content (AvgIpc) is 2.92. The molecule has 16 heavy (non-hydrogen) atoms. The lowest BCUT2D eigenvalue weighted by molar-refractivity contribution is 0.280. The summed E-state index contributed by atoms with van der Waals surface area (Å²) in [6.45, 7) is 4.71. The monoisotopic (exact) mass is 212 g/mol. The van der Waals surface area contributed by atoms with Crippen LogP contribution in [0.15, 0.2) is 18.2 Å². The molecule has 84 valence electrons. The van der Waals surface area contributed by atoms with E-state index < -0.39 is 0 Å². The van der Waals surface area contributed by atoms with Gasteiger partial charge in [-0.05, 0) is 59.8 Å². The predicted octanol–water partition coefficient (Wildman–Crippen LogP) is 4.16. The van der Waals surface area contributed by atoms with Gasteiger partial charge in [0.15, 0.2) is 0 Å². The van der Waals surface area contributed by atoms with Gasteiger partial charge in [0.25, 0.3) is 0 Å². The van der Waals surface area contributed by atoms with Gasteiger partial charge in [0.2, 0.25) is 0 Å². The van der Waals surface area contributed by atoms with Gasteiger partial charge in [-0.1, -0.05) is 38.1 Å². The molecule has 0 unspecified atom stereocenters. The van der Waals surface area contributed by atoms with Gasteiger partial charge in [0.05, 0.1) is 0 Å². The molecule has 1 aromatic carbocycles. The first kappa shape index (κ1) is 10.1. The van der Waals surface area contributed by atoms with Crippen LogP contribution in [0.4, 0.5) is 0 Å². The maximum atomic E-state index is 2.38. The molecule has 0 heteroatoms. The second-order valence-electron chi connectivity index (χ2n) is 5.44. The van der Waals surface area contributed by atoms with Crippen LogP contribution in [0.5, 0.6) is 0 Å². The fourth-order valence-corrected chi connectivity index (χ4v) is 3.41. The Morgan fingerprint density at radius 1 is 1.06 bits per heavy atom. The summed E-state index contributed by atoms with van der Waals surface area (Å²) in [5, 5.41) is 0. The van der Waals surface area contributed by atoms with Crippen LogP contribution in [0.2, 0.25) is 0 Å². The van der Waals surface area contributed by atoms with E-state index in [4.69, 9.17) is 0 Å². The van der Waals surface area contributed by atoms with Gasteiger partial charge in [-0.2, -0.15) is 0 Å². The van der Waals surface area contributed by atoms with Gasteiger partial charge < -0.3 is 0 Å². The molecular formula is C16H20. The minimum atomic E-state index is 0.563. The third-order valence-electron chi connectivity index (χ3n) is 4.78. The molecule has 0 radical (unpaired) electrons. The lowest BCUT2D eigenvalue weighted by Crippen LogP contribution is -2.18. The van der Waals surface area contributed by atoms with Crippen LogP contribution in [0.3, 0.4) is 0 Å². The van der Waals surface area contributed by atoms with Crippen molar-refractivity contribution in [3.63, 3.8) is 0 Å². The van der Waals surface area contributed by atoms with Crippen LogP contribution in [-0.2, 0) is 19.3 Å². The molecule has 2 aliphatic carbocycles. The average molecular weight is 212 g/mol. The minimum Gasteiger partial charge on any atom is -0.0795 e. The summed E-state index contributed by atoms with van der Waals surface area (Å²) in [5.41, 5.74) is 6.94. The minimum absolute atomic E-state index is 0.563. The van der Waals surface area contributed by atoms with Crippen LogP contribution in [0, 0.1) is 5.41 Å². The van der Waals surface area contributed by atoms with Gasteiger partial charge in [-0.15, -0.1) is 0 Å². The Morgan fingerprint density at radius 3 is 2.56 bits per heavy atom. The molecule has 2 aliphatic rings. The molecule has 1 aromatic rings. The Bertz CT molecular complexity index is 447. The van der Waals surface area contributed by atoms with Crippen LogP contribution in [0.1, 0.15) is 48.9 Å². The first-order valence-electron chi connectivity index (χ1n) is 6.58. The zero-order valence-electron chi connectivity index (χ0n) is 10.3. The van der Waals surface area contributed by atoms with Gasteiger partial charge in [0, 0.05) is 0 Å². The van der Waals surface area contributed by atoms with Gasteiger partial charge in [-0.25, -0.2) is 0 Å². The summed E-state index contributed by atoms with van der Waals surface area (Å²) in [6, 6.07) is 4.73. The highest BCUT2D eigenvalue weighted by Crippen LogP contribution is 2.45. The van der Waals surface area contributed by atoms with E-state index in [1.54, 1.807) is 22.3 Å². The first-order chi connectivity index (χ1) is 7.78. The van der Waals surface area contributed by atoms with Crippen LogP contribution in [0.25, 0.3) is 6.08 Å². The Labute approximate surface area is 98.4 Å². The zero-order chi connectivity index (χ0) is 11.2. The normalized spacial score (nSPS) is 19.9. The van der Waals surface area contributed by atoms with Crippen LogP contribution < -0.4 is 0 Å². The van der Waals surface area contributed by atoms with E-state index in [-0.39, 0.29) is 0 Å². The molecular weight excluding hydrogens is 192 g/mol. The fourth-order valence-electron chi connectivity index (χ4n) is 3.41. The smallest absolute Gasteiger partial charge is 0.00881 e. The van der Waals surface area contributed by atoms with Crippen molar-refractivity contribution in [2.75, 3.05) is 0 Å². The summed E-state index contributed by atoms with van der Waals surface area (Å²) in [4.78, 5) is 0. The molecule has 0 amide bonds. The number of rotatable bonds is 2. The van der Waals surface area contributed by atoms with E-state index in [1.165, 1.54) is 25.7 Å². The highest BCUT2D eigenvalue weighted by molar-refractivity contribution is 5.66. The molecule has 0 N–H and O–H groups in total. The van der Waals surface area contributed by atoms with Crippen molar-refractivity contribution in [2.45, 2.75) is 46.0 Å². The van der Waals surface area contributed by atoms with E-state index >= 15 is 0 Å². The fraction of sp³-hybridized carbons (Fsp3) is 0.500. The summed E-state index contributed by atoms with van der Waals surface area (Å²) in [7, 11) is 0. The second kappa shape index (κ2) is 3.48. The van der Waals surface area contributed by atoms with E-state index in [1.807, 2.05) is 0 Å². The lowest BCUT2D eigenvalue weighted by Gasteiger charge is -2.25. The molecule has 0 spiro atoms. The maximum absolute atomic E-state index is 2.38. The molecule has 3 rings (SSSR count). The van der Waals surface area contributed by atoms with Crippen molar-refractivity contribution >= 4 is 6.08 Å². The van der Waals surface area contributed by atoms with Gasteiger partial charge in [0.1, 0.15) is 0 Å². The van der Waals surface area contributed by atoms with Crippen molar-refractivity contribution in [1.29, 1.82) is 0 Å². The van der Waals surface area contributed by atoms with Gasteiger partial charge in [-0.3, -0.25) is 0 Å². The number of hydrogen-bond donors (Lipinski definition) is 0. The van der Waals surface area contributed by atoms with Crippen LogP contribution >= 0.6 is 0 Å². The molecule has 0 aromatic heterocycles. The number of fused-ring (bicyclic) bond motifs is 3. The second-order valence-corrected chi connectivity index (χ2v) is 5.44. The van der Waals surface area contributed by atoms with Crippen molar-refractivity contribution in [3.8, 4) is 0 Å². The highest BCUT2D eigenvalue weighted by Gasteiger charge is 2.35. The number of hydrogen-bond acceptors (Lipinski definition) is 0. The van der Waals surface area contributed by atoms with Gasteiger partial charge >= 0.3 is 0 Å². The van der Waals surface area contributed by atoms with Crippen LogP contribution in [-0.4, -0.2) is 0 Å². The third-order valence-corrected chi connectivity index (χ3v) is 4.78. The topological polar surface area (TPSA) is 0 Å². The Kier molecular flexibility index (Phi) is 2.20. The molecule has 0 nitrogen and oxygen atoms in total. The van der Waals surface area contributed by atoms with Crippen molar-refractivity contribution in [1.82, 2.24) is 0 Å². The Balaban J connectivity index is 2.07. The molecule has 0 atom stereocenters. The third kappa shape index (κ3) is 1.29. The largest absolute Gasteiger partial charge is 0.0795 e. The predicted molar refractivity (Wildman–Crippen MR) is 69.6 cm³/mol. The molecule has 0 fully saturated rings. The quantitative estimate of drug-likeness (QED) is 0.690. The molecule has 0 saturated heterocycles.